The Labute approximate surface area is 192 Å². The fraction of sp³-hybridized carbons (Fsp3) is 0.739. The zero-order valence-electron chi connectivity index (χ0n) is 21.1. The van der Waals surface area contributed by atoms with Gasteiger partial charge in [0.25, 0.3) is 0 Å². The van der Waals surface area contributed by atoms with E-state index < -0.39 is 37.8 Å². The summed E-state index contributed by atoms with van der Waals surface area (Å²) in [4.78, 5) is 44.1. The zero-order chi connectivity index (χ0) is 24.6. The smallest absolute Gasteiger partial charge is 0.326 e. The van der Waals surface area contributed by atoms with Crippen LogP contribution in [0.3, 0.4) is 0 Å². The van der Waals surface area contributed by atoms with E-state index in [0.29, 0.717) is 0 Å². The summed E-state index contributed by atoms with van der Waals surface area (Å²) >= 11 is 0. The van der Waals surface area contributed by atoms with Gasteiger partial charge in [0.1, 0.15) is 18.5 Å². The molecule has 4 atom stereocenters. The number of imidazole rings is 1. The number of esters is 1. The molecule has 0 aromatic carbocycles. The summed E-state index contributed by atoms with van der Waals surface area (Å²) in [6.07, 6.45) is 4.20. The average Bonchev–Trinajstić information content (AvgIpc) is 3.14. The van der Waals surface area contributed by atoms with Crippen molar-refractivity contribution in [3.05, 3.63) is 18.7 Å². The highest BCUT2D eigenvalue weighted by Crippen LogP contribution is 2.42. The van der Waals surface area contributed by atoms with Gasteiger partial charge in [-0.1, -0.05) is 27.7 Å². The van der Waals surface area contributed by atoms with E-state index >= 15 is 0 Å². The van der Waals surface area contributed by atoms with Crippen LogP contribution in [0.2, 0.25) is 18.1 Å². The van der Waals surface area contributed by atoms with E-state index in [2.05, 4.69) is 38.8 Å². The summed E-state index contributed by atoms with van der Waals surface area (Å²) in [6, 6.07) is -0.468. The number of nitrogens with zero attached hydrogens (tertiary/aromatic N) is 3. The standard InChI is InChI=1S/C23H39N3O5Si/c1-15(20(28)25-12-11-24-14-25)19-18(16(2)31-32(9,10)23(6,7)8)21(29)26(19)13-17(27)30-22(3,4)5/h11-12,14-16,18-19H,13H2,1-10H3. The third kappa shape index (κ3) is 5.67. The van der Waals surface area contributed by atoms with E-state index in [4.69, 9.17) is 9.16 Å². The van der Waals surface area contributed by atoms with Crippen molar-refractivity contribution in [2.45, 2.75) is 91.3 Å². The first-order valence-corrected chi connectivity index (χ1v) is 14.1. The molecule has 180 valence electrons. The van der Waals surface area contributed by atoms with Crippen molar-refractivity contribution in [2.75, 3.05) is 6.54 Å². The maximum Gasteiger partial charge on any atom is 0.326 e. The Morgan fingerprint density at radius 1 is 1.16 bits per heavy atom. The summed E-state index contributed by atoms with van der Waals surface area (Å²) in [6.45, 7) is 19.6. The van der Waals surface area contributed by atoms with Gasteiger partial charge in [0, 0.05) is 12.4 Å². The molecule has 0 radical (unpaired) electrons. The van der Waals surface area contributed by atoms with E-state index in [1.54, 1.807) is 33.9 Å². The number of aromatic nitrogens is 2. The summed E-state index contributed by atoms with van der Waals surface area (Å²) in [7, 11) is -2.14. The fourth-order valence-corrected chi connectivity index (χ4v) is 5.27. The van der Waals surface area contributed by atoms with Crippen LogP contribution >= 0.6 is 0 Å². The molecule has 1 aliphatic rings. The van der Waals surface area contributed by atoms with Crippen LogP contribution in [-0.4, -0.2) is 64.8 Å². The number of hydrogen-bond acceptors (Lipinski definition) is 6. The zero-order valence-corrected chi connectivity index (χ0v) is 22.1. The van der Waals surface area contributed by atoms with E-state index in [9.17, 15) is 14.4 Å². The van der Waals surface area contributed by atoms with Crippen LogP contribution in [0.5, 0.6) is 0 Å². The molecule has 1 aromatic rings. The number of β-lactam (4-membered cyclic amide) rings is 1. The van der Waals surface area contributed by atoms with Crippen LogP contribution in [0, 0.1) is 11.8 Å². The molecule has 1 aromatic heterocycles. The Morgan fingerprint density at radius 3 is 2.22 bits per heavy atom. The van der Waals surface area contributed by atoms with Crippen LogP contribution in [0.4, 0.5) is 0 Å². The maximum absolute atomic E-state index is 13.2. The lowest BCUT2D eigenvalue weighted by atomic mass is 9.76. The molecule has 1 fully saturated rings. The molecule has 4 unspecified atom stereocenters. The minimum Gasteiger partial charge on any atom is -0.459 e. The van der Waals surface area contributed by atoms with E-state index in [1.165, 1.54) is 22.0 Å². The minimum atomic E-state index is -2.14. The van der Waals surface area contributed by atoms with Gasteiger partial charge in [-0.15, -0.1) is 0 Å². The first-order valence-electron chi connectivity index (χ1n) is 11.2. The lowest BCUT2D eigenvalue weighted by Crippen LogP contribution is -2.69. The Balaban J connectivity index is 2.29. The van der Waals surface area contributed by atoms with Gasteiger partial charge in [0.2, 0.25) is 11.8 Å². The Hall–Kier alpha value is -2.00. The SMILES string of the molecule is CC(O[Si](C)(C)C(C)(C)C)C1C(=O)N(CC(=O)OC(C)(C)C)C1C(C)C(=O)n1ccnc1. The molecule has 1 aliphatic heterocycles. The van der Waals surface area contributed by atoms with Crippen molar-refractivity contribution in [3.8, 4) is 0 Å². The average molecular weight is 466 g/mol. The number of ether oxygens (including phenoxy) is 1. The molecule has 1 saturated heterocycles. The summed E-state index contributed by atoms with van der Waals surface area (Å²) in [5.74, 6) is -1.90. The van der Waals surface area contributed by atoms with Crippen molar-refractivity contribution in [3.63, 3.8) is 0 Å². The Bertz CT molecular complexity index is 839. The predicted octanol–water partition coefficient (Wildman–Crippen LogP) is 3.74. The van der Waals surface area contributed by atoms with Gasteiger partial charge in [0.05, 0.1) is 24.0 Å². The van der Waals surface area contributed by atoms with Crippen LogP contribution in [0.15, 0.2) is 18.7 Å². The molecular formula is C23H39N3O5Si. The largest absolute Gasteiger partial charge is 0.459 e. The normalized spacial score (nSPS) is 21.7. The quantitative estimate of drug-likeness (QED) is 0.346. The van der Waals surface area contributed by atoms with Crippen LogP contribution in [-0.2, 0) is 18.8 Å². The van der Waals surface area contributed by atoms with Crippen LogP contribution in [0.1, 0.15) is 60.2 Å². The van der Waals surface area contributed by atoms with Crippen LogP contribution < -0.4 is 0 Å². The number of carbonyl (C=O) groups excluding carboxylic acids is 3. The number of amides is 1. The molecule has 0 aliphatic carbocycles. The van der Waals surface area contributed by atoms with Crippen molar-refractivity contribution in [1.29, 1.82) is 0 Å². The molecule has 1 amide bonds. The summed E-state index contributed by atoms with van der Waals surface area (Å²) in [5, 5.41) is -0.0159. The van der Waals surface area contributed by atoms with Crippen molar-refractivity contribution in [1.82, 2.24) is 14.5 Å². The third-order valence-corrected chi connectivity index (χ3v) is 11.0. The highest BCUT2D eigenvalue weighted by atomic mass is 28.4. The second kappa shape index (κ2) is 9.09. The number of likely N-dealkylation sites (tertiary alicyclic amines) is 1. The van der Waals surface area contributed by atoms with Gasteiger partial charge in [-0.2, -0.15) is 0 Å². The highest BCUT2D eigenvalue weighted by Gasteiger charge is 2.56. The molecule has 2 rings (SSSR count). The topological polar surface area (TPSA) is 90.7 Å². The Morgan fingerprint density at radius 2 is 1.75 bits per heavy atom. The lowest BCUT2D eigenvalue weighted by Gasteiger charge is -2.52. The Kier molecular flexibility index (Phi) is 7.46. The van der Waals surface area contributed by atoms with Crippen molar-refractivity contribution < 1.29 is 23.5 Å². The predicted molar refractivity (Wildman–Crippen MR) is 125 cm³/mol. The van der Waals surface area contributed by atoms with Crippen LogP contribution in [0.25, 0.3) is 0 Å². The molecular weight excluding hydrogens is 426 g/mol. The van der Waals surface area contributed by atoms with E-state index in [-0.39, 0.29) is 29.5 Å². The van der Waals surface area contributed by atoms with Gasteiger partial charge in [0.15, 0.2) is 8.32 Å². The molecule has 2 heterocycles. The number of rotatable bonds is 7. The van der Waals surface area contributed by atoms with Gasteiger partial charge >= 0.3 is 5.97 Å². The molecule has 0 saturated carbocycles. The van der Waals surface area contributed by atoms with E-state index in [1.807, 2.05) is 6.92 Å². The molecule has 0 bridgehead atoms. The van der Waals surface area contributed by atoms with Crippen molar-refractivity contribution in [2.24, 2.45) is 11.8 Å². The van der Waals surface area contributed by atoms with Crippen molar-refractivity contribution >= 4 is 26.1 Å². The number of carbonyl (C=O) groups is 3. The molecule has 8 nitrogen and oxygen atoms in total. The second-order valence-electron chi connectivity index (χ2n) is 11.2. The first-order chi connectivity index (χ1) is 14.5. The van der Waals surface area contributed by atoms with Gasteiger partial charge in [-0.05, 0) is 45.8 Å². The minimum absolute atomic E-state index is 0.0159. The maximum atomic E-state index is 13.2. The number of hydrogen-bond donors (Lipinski definition) is 0. The monoisotopic (exact) mass is 465 g/mol. The molecule has 0 N–H and O–H groups in total. The molecule has 0 spiro atoms. The van der Waals surface area contributed by atoms with E-state index in [0.717, 1.165) is 0 Å². The molecule has 9 heteroatoms. The third-order valence-electron chi connectivity index (χ3n) is 6.47. The first kappa shape index (κ1) is 26.3. The van der Waals surface area contributed by atoms with Gasteiger partial charge < -0.3 is 14.1 Å². The summed E-state index contributed by atoms with van der Waals surface area (Å²) < 4.78 is 13.3. The fourth-order valence-electron chi connectivity index (χ4n) is 3.84. The lowest BCUT2D eigenvalue weighted by molar-refractivity contribution is -0.176. The molecule has 32 heavy (non-hydrogen) atoms. The van der Waals surface area contributed by atoms with Gasteiger partial charge in [-0.25, -0.2) is 4.98 Å². The second-order valence-corrected chi connectivity index (χ2v) is 16.0. The summed E-state index contributed by atoms with van der Waals surface area (Å²) in [5.41, 5.74) is -0.656. The van der Waals surface area contributed by atoms with Gasteiger partial charge in [-0.3, -0.25) is 19.0 Å². The highest BCUT2D eigenvalue weighted by molar-refractivity contribution is 6.74.